The molecular weight excluding hydrogens is 321 g/mol. The van der Waals surface area contributed by atoms with Crippen molar-refractivity contribution in [1.82, 2.24) is 0 Å². The van der Waals surface area contributed by atoms with Gasteiger partial charge in [-0.3, -0.25) is 0 Å². The lowest BCUT2D eigenvalue weighted by atomic mass is 10.2. The average Bonchev–Trinajstić information content (AvgIpc) is 2.40. The molecule has 0 unspecified atom stereocenters. The largest absolute Gasteiger partial charge is 0.372 e. The van der Waals surface area contributed by atoms with Crippen molar-refractivity contribution in [2.45, 2.75) is 13.2 Å². The van der Waals surface area contributed by atoms with E-state index in [0.717, 1.165) is 6.07 Å². The van der Waals surface area contributed by atoms with Crippen LogP contribution in [0.3, 0.4) is 0 Å². The zero-order valence-electron chi connectivity index (χ0n) is 9.80. The molecule has 0 fully saturated rings. The van der Waals surface area contributed by atoms with E-state index in [2.05, 4.69) is 15.9 Å². The Kier molecular flexibility index (Phi) is 4.61. The maximum atomic E-state index is 13.6. The minimum absolute atomic E-state index is 0.0436. The molecule has 0 atom stereocenters. The van der Waals surface area contributed by atoms with E-state index in [0.29, 0.717) is 5.56 Å². The molecule has 0 aliphatic carbocycles. The van der Waals surface area contributed by atoms with Gasteiger partial charge >= 0.3 is 0 Å². The monoisotopic (exact) mass is 330 g/mol. The van der Waals surface area contributed by atoms with Crippen molar-refractivity contribution in [3.63, 3.8) is 0 Å². The van der Waals surface area contributed by atoms with Crippen molar-refractivity contribution in [3.8, 4) is 0 Å². The smallest absolute Gasteiger partial charge is 0.145 e. The SMILES string of the molecule is Fc1ccccc1COCc1c(F)ccc(Br)c1F. The fourth-order valence-corrected chi connectivity index (χ4v) is 1.95. The van der Waals surface area contributed by atoms with Crippen molar-refractivity contribution >= 4 is 15.9 Å². The molecule has 0 saturated carbocycles. The summed E-state index contributed by atoms with van der Waals surface area (Å²) in [5.41, 5.74) is 0.170. The molecule has 5 heteroatoms. The molecule has 2 rings (SSSR count). The van der Waals surface area contributed by atoms with Crippen LogP contribution in [0, 0.1) is 17.5 Å². The average molecular weight is 331 g/mol. The molecule has 0 aliphatic rings. The van der Waals surface area contributed by atoms with Gasteiger partial charge in [0.05, 0.1) is 23.2 Å². The van der Waals surface area contributed by atoms with Gasteiger partial charge in [0, 0.05) is 5.56 Å². The number of halogens is 4. The third-order valence-electron chi connectivity index (χ3n) is 2.60. The van der Waals surface area contributed by atoms with Crippen LogP contribution in [0.4, 0.5) is 13.2 Å². The Balaban J connectivity index is 2.04. The molecule has 0 bridgehead atoms. The Bertz CT molecular complexity index is 587. The van der Waals surface area contributed by atoms with Gasteiger partial charge in [0.1, 0.15) is 17.5 Å². The molecule has 0 aliphatic heterocycles. The molecule has 0 aromatic heterocycles. The minimum Gasteiger partial charge on any atom is -0.372 e. The van der Waals surface area contributed by atoms with E-state index in [1.54, 1.807) is 18.2 Å². The van der Waals surface area contributed by atoms with Gasteiger partial charge < -0.3 is 4.74 Å². The van der Waals surface area contributed by atoms with Gasteiger partial charge in [0.2, 0.25) is 0 Å². The lowest BCUT2D eigenvalue weighted by molar-refractivity contribution is 0.0998. The fourth-order valence-electron chi connectivity index (χ4n) is 1.58. The standard InChI is InChI=1S/C14H10BrF3O/c15-11-5-6-13(17)10(14(11)18)8-19-7-9-3-1-2-4-12(9)16/h1-6H,7-8H2. The molecule has 0 N–H and O–H groups in total. The number of hydrogen-bond acceptors (Lipinski definition) is 1. The van der Waals surface area contributed by atoms with E-state index >= 15 is 0 Å². The Morgan fingerprint density at radius 3 is 2.37 bits per heavy atom. The van der Waals surface area contributed by atoms with E-state index in [1.807, 2.05) is 0 Å². The van der Waals surface area contributed by atoms with E-state index in [9.17, 15) is 13.2 Å². The summed E-state index contributed by atoms with van der Waals surface area (Å²) in [5, 5.41) is 0. The zero-order valence-corrected chi connectivity index (χ0v) is 11.4. The van der Waals surface area contributed by atoms with Gasteiger partial charge in [-0.1, -0.05) is 18.2 Å². The van der Waals surface area contributed by atoms with Gasteiger partial charge in [-0.15, -0.1) is 0 Å². The van der Waals surface area contributed by atoms with Crippen molar-refractivity contribution < 1.29 is 17.9 Å². The number of benzene rings is 2. The third kappa shape index (κ3) is 3.36. The number of ether oxygens (including phenoxy) is 1. The van der Waals surface area contributed by atoms with E-state index in [-0.39, 0.29) is 23.2 Å². The second-order valence-corrected chi connectivity index (χ2v) is 4.76. The number of hydrogen-bond donors (Lipinski definition) is 0. The Morgan fingerprint density at radius 1 is 0.895 bits per heavy atom. The Labute approximate surface area is 117 Å². The summed E-state index contributed by atoms with van der Waals surface area (Å²) in [6, 6.07) is 8.52. The minimum atomic E-state index is -0.700. The molecule has 0 spiro atoms. The summed E-state index contributed by atoms with van der Waals surface area (Å²) in [5.74, 6) is -1.79. The predicted octanol–water partition coefficient (Wildman–Crippen LogP) is 4.58. The maximum absolute atomic E-state index is 13.6. The van der Waals surface area contributed by atoms with Gasteiger partial charge in [0.25, 0.3) is 0 Å². The van der Waals surface area contributed by atoms with Crippen molar-refractivity contribution in [3.05, 3.63) is 69.4 Å². The quantitative estimate of drug-likeness (QED) is 0.745. The second kappa shape index (κ2) is 6.21. The fraction of sp³-hybridized carbons (Fsp3) is 0.143. The van der Waals surface area contributed by atoms with Crippen molar-refractivity contribution in [2.24, 2.45) is 0 Å². The molecular formula is C14H10BrF3O. The van der Waals surface area contributed by atoms with E-state index < -0.39 is 17.5 Å². The normalized spacial score (nSPS) is 10.7. The lowest BCUT2D eigenvalue weighted by Gasteiger charge is -2.08. The van der Waals surface area contributed by atoms with Crippen LogP contribution in [0.15, 0.2) is 40.9 Å². The highest BCUT2D eigenvalue weighted by atomic mass is 79.9. The highest BCUT2D eigenvalue weighted by molar-refractivity contribution is 9.10. The van der Waals surface area contributed by atoms with Gasteiger partial charge in [-0.2, -0.15) is 0 Å². The molecule has 19 heavy (non-hydrogen) atoms. The highest BCUT2D eigenvalue weighted by Crippen LogP contribution is 2.22. The summed E-state index contributed by atoms with van der Waals surface area (Å²) < 4.78 is 45.7. The summed E-state index contributed by atoms with van der Waals surface area (Å²) in [6.45, 7) is -0.302. The predicted molar refractivity (Wildman–Crippen MR) is 69.0 cm³/mol. The van der Waals surface area contributed by atoms with Crippen LogP contribution in [-0.4, -0.2) is 0 Å². The van der Waals surface area contributed by atoms with Gasteiger partial charge in [-0.05, 0) is 34.1 Å². The summed E-state index contributed by atoms with van der Waals surface area (Å²) in [7, 11) is 0. The molecule has 1 nitrogen and oxygen atoms in total. The summed E-state index contributed by atoms with van der Waals surface area (Å²) >= 11 is 2.97. The molecule has 2 aromatic carbocycles. The summed E-state index contributed by atoms with van der Waals surface area (Å²) in [6.07, 6.45) is 0. The number of rotatable bonds is 4. The van der Waals surface area contributed by atoms with Crippen LogP contribution in [0.5, 0.6) is 0 Å². The first-order valence-electron chi connectivity index (χ1n) is 5.53. The van der Waals surface area contributed by atoms with Crippen LogP contribution in [0.2, 0.25) is 0 Å². The van der Waals surface area contributed by atoms with Gasteiger partial charge in [0.15, 0.2) is 0 Å². The first-order valence-corrected chi connectivity index (χ1v) is 6.32. The zero-order chi connectivity index (χ0) is 13.8. The molecule has 100 valence electrons. The Morgan fingerprint density at radius 2 is 1.63 bits per heavy atom. The third-order valence-corrected chi connectivity index (χ3v) is 3.21. The van der Waals surface area contributed by atoms with E-state index in [1.165, 1.54) is 12.1 Å². The lowest BCUT2D eigenvalue weighted by Crippen LogP contribution is -2.02. The van der Waals surface area contributed by atoms with Crippen LogP contribution < -0.4 is 0 Å². The van der Waals surface area contributed by atoms with Crippen LogP contribution in [0.1, 0.15) is 11.1 Å². The topological polar surface area (TPSA) is 9.23 Å². The molecule has 2 aromatic rings. The Hall–Kier alpha value is -1.33. The molecule has 0 heterocycles. The van der Waals surface area contributed by atoms with Crippen molar-refractivity contribution in [2.75, 3.05) is 0 Å². The first-order chi connectivity index (χ1) is 9.09. The molecule has 0 saturated heterocycles. The summed E-state index contributed by atoms with van der Waals surface area (Å²) in [4.78, 5) is 0. The molecule has 0 radical (unpaired) electrons. The first kappa shape index (κ1) is 14.1. The van der Waals surface area contributed by atoms with Crippen molar-refractivity contribution in [1.29, 1.82) is 0 Å². The second-order valence-electron chi connectivity index (χ2n) is 3.91. The van der Waals surface area contributed by atoms with E-state index in [4.69, 9.17) is 4.74 Å². The molecule has 0 amide bonds. The highest BCUT2D eigenvalue weighted by Gasteiger charge is 2.12. The van der Waals surface area contributed by atoms with Crippen LogP contribution >= 0.6 is 15.9 Å². The maximum Gasteiger partial charge on any atom is 0.145 e. The van der Waals surface area contributed by atoms with Gasteiger partial charge in [-0.25, -0.2) is 13.2 Å². The van der Waals surface area contributed by atoms with Crippen LogP contribution in [-0.2, 0) is 18.0 Å². The van der Waals surface area contributed by atoms with Crippen LogP contribution in [0.25, 0.3) is 0 Å².